The van der Waals surface area contributed by atoms with E-state index in [-0.39, 0.29) is 11.9 Å². The van der Waals surface area contributed by atoms with Crippen molar-refractivity contribution in [2.24, 2.45) is 0 Å². The molecule has 0 aliphatic rings. The molecule has 0 bridgehead atoms. The monoisotopic (exact) mass is 348 g/mol. The highest BCUT2D eigenvalue weighted by Crippen LogP contribution is 2.26. The summed E-state index contributed by atoms with van der Waals surface area (Å²) >= 11 is 0. The van der Waals surface area contributed by atoms with E-state index in [1.165, 1.54) is 5.56 Å². The third-order valence-corrected chi connectivity index (χ3v) is 4.58. The predicted molar refractivity (Wildman–Crippen MR) is 106 cm³/mol. The van der Waals surface area contributed by atoms with Crippen LogP contribution in [-0.2, 0) is 0 Å². The number of nitrogens with zero attached hydrogens (tertiary/aromatic N) is 1. The Morgan fingerprint density at radius 2 is 1.62 bits per heavy atom. The summed E-state index contributed by atoms with van der Waals surface area (Å²) in [5.74, 6) is 0.456. The maximum absolute atomic E-state index is 12.8. The fraction of sp³-hybridized carbons (Fsp3) is 0.227. The van der Waals surface area contributed by atoms with Crippen LogP contribution in [0, 0.1) is 0 Å². The Labute approximate surface area is 154 Å². The standard InChI is InChI=1S/C22H24N2O2/c1-24(2)20(16-9-5-4-6-10-16)15-23-22(25)19-13-17-11-7-8-12-18(17)14-21(19)26-3/h4-14,20H,15H2,1-3H3,(H,23,25)/t20-/m1/s1. The van der Waals surface area contributed by atoms with Crippen LogP contribution in [0.5, 0.6) is 5.75 Å². The molecule has 1 amide bonds. The van der Waals surface area contributed by atoms with Gasteiger partial charge in [0, 0.05) is 6.54 Å². The van der Waals surface area contributed by atoms with Crippen molar-refractivity contribution in [3.63, 3.8) is 0 Å². The predicted octanol–water partition coefficient (Wildman–Crippen LogP) is 3.88. The molecule has 1 N–H and O–H groups in total. The molecule has 26 heavy (non-hydrogen) atoms. The minimum Gasteiger partial charge on any atom is -0.496 e. The Bertz CT molecular complexity index is 891. The molecular formula is C22H24N2O2. The number of benzene rings is 3. The number of carbonyl (C=O) groups is 1. The number of ether oxygens (including phenoxy) is 1. The van der Waals surface area contributed by atoms with Crippen molar-refractivity contribution in [3.8, 4) is 5.75 Å². The van der Waals surface area contributed by atoms with Crippen molar-refractivity contribution in [2.75, 3.05) is 27.7 Å². The molecule has 3 rings (SSSR count). The van der Waals surface area contributed by atoms with Gasteiger partial charge in [0.15, 0.2) is 0 Å². The zero-order valence-corrected chi connectivity index (χ0v) is 15.4. The molecule has 0 aliphatic carbocycles. The van der Waals surface area contributed by atoms with E-state index in [2.05, 4.69) is 22.3 Å². The van der Waals surface area contributed by atoms with Crippen molar-refractivity contribution in [1.29, 1.82) is 0 Å². The molecule has 0 unspecified atom stereocenters. The van der Waals surface area contributed by atoms with Crippen molar-refractivity contribution in [1.82, 2.24) is 10.2 Å². The molecular weight excluding hydrogens is 324 g/mol. The number of hydrogen-bond acceptors (Lipinski definition) is 3. The van der Waals surface area contributed by atoms with E-state index in [1.807, 2.05) is 68.7 Å². The molecule has 3 aromatic carbocycles. The molecule has 0 aromatic heterocycles. The van der Waals surface area contributed by atoms with Crippen LogP contribution in [0.25, 0.3) is 10.8 Å². The second kappa shape index (κ2) is 8.02. The average Bonchev–Trinajstić information content (AvgIpc) is 2.67. The Balaban J connectivity index is 1.82. The summed E-state index contributed by atoms with van der Waals surface area (Å²) in [6.07, 6.45) is 0. The highest BCUT2D eigenvalue weighted by molar-refractivity contribution is 6.01. The first kappa shape index (κ1) is 18.0. The van der Waals surface area contributed by atoms with Crippen molar-refractivity contribution < 1.29 is 9.53 Å². The zero-order chi connectivity index (χ0) is 18.5. The van der Waals surface area contributed by atoms with E-state index >= 15 is 0 Å². The third-order valence-electron chi connectivity index (χ3n) is 4.58. The van der Waals surface area contributed by atoms with Crippen LogP contribution in [-0.4, -0.2) is 38.6 Å². The van der Waals surface area contributed by atoms with Crippen molar-refractivity contribution >= 4 is 16.7 Å². The molecule has 4 heteroatoms. The van der Waals surface area contributed by atoms with Crippen LogP contribution >= 0.6 is 0 Å². The first-order valence-corrected chi connectivity index (χ1v) is 8.66. The normalized spacial score (nSPS) is 12.2. The van der Waals surface area contributed by atoms with Gasteiger partial charge in [0.2, 0.25) is 0 Å². The van der Waals surface area contributed by atoms with Crippen molar-refractivity contribution in [3.05, 3.63) is 77.9 Å². The van der Waals surface area contributed by atoms with Gasteiger partial charge in [-0.05, 0) is 42.6 Å². The molecule has 3 aromatic rings. The SMILES string of the molecule is COc1cc2ccccc2cc1C(=O)NC[C@H](c1ccccc1)N(C)C. The van der Waals surface area contributed by atoms with Crippen LogP contribution in [0.4, 0.5) is 0 Å². The topological polar surface area (TPSA) is 41.6 Å². The Morgan fingerprint density at radius 1 is 1.00 bits per heavy atom. The van der Waals surface area contributed by atoms with Gasteiger partial charge in [-0.3, -0.25) is 4.79 Å². The molecule has 0 aliphatic heterocycles. The molecule has 0 saturated carbocycles. The summed E-state index contributed by atoms with van der Waals surface area (Å²) in [6.45, 7) is 0.520. The summed E-state index contributed by atoms with van der Waals surface area (Å²) in [4.78, 5) is 14.9. The smallest absolute Gasteiger partial charge is 0.255 e. The molecule has 0 spiro atoms. The molecule has 0 fully saturated rings. The van der Waals surface area contributed by atoms with Gasteiger partial charge in [0.25, 0.3) is 5.91 Å². The summed E-state index contributed by atoms with van der Waals surface area (Å²) in [6, 6.07) is 22.0. The molecule has 4 nitrogen and oxygen atoms in total. The van der Waals surface area contributed by atoms with Gasteiger partial charge in [0.05, 0.1) is 18.7 Å². The number of methoxy groups -OCH3 is 1. The Kier molecular flexibility index (Phi) is 5.54. The number of fused-ring (bicyclic) bond motifs is 1. The number of likely N-dealkylation sites (N-methyl/N-ethyl adjacent to an activating group) is 1. The maximum atomic E-state index is 12.8. The summed E-state index contributed by atoms with van der Waals surface area (Å²) < 4.78 is 5.44. The minimum absolute atomic E-state index is 0.103. The number of nitrogens with one attached hydrogen (secondary N) is 1. The lowest BCUT2D eigenvalue weighted by molar-refractivity contribution is 0.0939. The van der Waals surface area contributed by atoms with Gasteiger partial charge in [-0.25, -0.2) is 0 Å². The Morgan fingerprint density at radius 3 is 2.23 bits per heavy atom. The first-order valence-electron chi connectivity index (χ1n) is 8.66. The van der Waals surface area contributed by atoms with E-state index in [9.17, 15) is 4.79 Å². The Hall–Kier alpha value is -2.85. The van der Waals surface area contributed by atoms with Gasteiger partial charge in [0.1, 0.15) is 5.75 Å². The third kappa shape index (κ3) is 3.86. The van der Waals surface area contributed by atoms with E-state index in [1.54, 1.807) is 7.11 Å². The van der Waals surface area contributed by atoms with Crippen LogP contribution in [0.15, 0.2) is 66.7 Å². The van der Waals surface area contributed by atoms with E-state index < -0.39 is 0 Å². The maximum Gasteiger partial charge on any atom is 0.255 e. The minimum atomic E-state index is -0.129. The summed E-state index contributed by atoms with van der Waals surface area (Å²) in [7, 11) is 5.62. The number of amides is 1. The van der Waals surface area contributed by atoms with E-state index in [0.717, 1.165) is 10.8 Å². The van der Waals surface area contributed by atoms with Gasteiger partial charge in [-0.1, -0.05) is 54.6 Å². The number of hydrogen-bond donors (Lipinski definition) is 1. The summed E-state index contributed by atoms with van der Waals surface area (Å²) in [5.41, 5.74) is 1.72. The number of carbonyl (C=O) groups excluding carboxylic acids is 1. The zero-order valence-electron chi connectivity index (χ0n) is 15.4. The highest BCUT2D eigenvalue weighted by Gasteiger charge is 2.18. The molecule has 1 atom stereocenters. The number of rotatable bonds is 6. The van der Waals surface area contributed by atoms with Crippen LogP contribution < -0.4 is 10.1 Å². The molecule has 0 heterocycles. The van der Waals surface area contributed by atoms with Crippen LogP contribution in [0.2, 0.25) is 0 Å². The largest absolute Gasteiger partial charge is 0.496 e. The quantitative estimate of drug-likeness (QED) is 0.735. The van der Waals surface area contributed by atoms with E-state index in [0.29, 0.717) is 17.9 Å². The highest BCUT2D eigenvalue weighted by atomic mass is 16.5. The van der Waals surface area contributed by atoms with E-state index in [4.69, 9.17) is 4.74 Å². The lowest BCUT2D eigenvalue weighted by Gasteiger charge is -2.25. The van der Waals surface area contributed by atoms with Gasteiger partial charge in [-0.2, -0.15) is 0 Å². The lowest BCUT2D eigenvalue weighted by Crippen LogP contribution is -2.34. The summed E-state index contributed by atoms with van der Waals surface area (Å²) in [5, 5.41) is 5.13. The molecule has 0 saturated heterocycles. The second-order valence-corrected chi connectivity index (χ2v) is 6.50. The van der Waals surface area contributed by atoms with Crippen LogP contribution in [0.1, 0.15) is 22.0 Å². The average molecular weight is 348 g/mol. The first-order chi connectivity index (χ1) is 12.6. The fourth-order valence-electron chi connectivity index (χ4n) is 3.12. The van der Waals surface area contributed by atoms with Crippen LogP contribution in [0.3, 0.4) is 0 Å². The van der Waals surface area contributed by atoms with Gasteiger partial charge in [-0.15, -0.1) is 0 Å². The second-order valence-electron chi connectivity index (χ2n) is 6.50. The fourth-order valence-corrected chi connectivity index (χ4v) is 3.12. The molecule has 134 valence electrons. The van der Waals surface area contributed by atoms with Gasteiger partial charge >= 0.3 is 0 Å². The lowest BCUT2D eigenvalue weighted by atomic mass is 10.0. The van der Waals surface area contributed by atoms with Gasteiger partial charge < -0.3 is 15.0 Å². The molecule has 0 radical (unpaired) electrons. The van der Waals surface area contributed by atoms with Crippen molar-refractivity contribution in [2.45, 2.75) is 6.04 Å².